The fourth-order valence-electron chi connectivity index (χ4n) is 0.688. The van der Waals surface area contributed by atoms with Crippen molar-refractivity contribution in [1.82, 2.24) is 0 Å². The van der Waals surface area contributed by atoms with Gasteiger partial charge in [-0.3, -0.25) is 4.21 Å². The summed E-state index contributed by atoms with van der Waals surface area (Å²) in [7, 11) is -0.578. The highest BCUT2D eigenvalue weighted by Gasteiger charge is 2.15. The number of hydrogen-bond acceptors (Lipinski definition) is 2. The van der Waals surface area contributed by atoms with Crippen molar-refractivity contribution in [3.63, 3.8) is 0 Å². The Bertz CT molecular complexity index is 98.0. The minimum atomic E-state index is -0.578. The SMILES string of the molecule is Cl.N[C@@H]1CC[S@@](=O)C1. The third kappa shape index (κ3) is 2.11. The monoisotopic (exact) mass is 155 g/mol. The van der Waals surface area contributed by atoms with Crippen LogP contribution in [-0.4, -0.2) is 21.8 Å². The molecule has 2 N–H and O–H groups in total. The second-order valence-corrected chi connectivity index (χ2v) is 3.48. The van der Waals surface area contributed by atoms with Crippen molar-refractivity contribution in [2.24, 2.45) is 5.73 Å². The van der Waals surface area contributed by atoms with Gasteiger partial charge < -0.3 is 5.73 Å². The summed E-state index contributed by atoms with van der Waals surface area (Å²) in [6.07, 6.45) is 0.951. The van der Waals surface area contributed by atoms with Gasteiger partial charge in [-0.05, 0) is 6.42 Å². The molecule has 1 rings (SSSR count). The smallest absolute Gasteiger partial charge is 0.0386 e. The molecule has 0 aromatic rings. The molecule has 0 saturated carbocycles. The minimum absolute atomic E-state index is 0. The van der Waals surface area contributed by atoms with Gasteiger partial charge in [0.25, 0.3) is 0 Å². The average Bonchev–Trinajstić information content (AvgIpc) is 1.87. The largest absolute Gasteiger partial charge is 0.327 e. The number of halogens is 1. The molecular weight excluding hydrogens is 146 g/mol. The van der Waals surface area contributed by atoms with Crippen molar-refractivity contribution in [2.75, 3.05) is 11.5 Å². The van der Waals surface area contributed by atoms with Crippen LogP contribution in [0.25, 0.3) is 0 Å². The van der Waals surface area contributed by atoms with Gasteiger partial charge in [0.1, 0.15) is 0 Å². The van der Waals surface area contributed by atoms with Crippen molar-refractivity contribution < 1.29 is 4.21 Å². The lowest BCUT2D eigenvalue weighted by Crippen LogP contribution is -2.18. The summed E-state index contributed by atoms with van der Waals surface area (Å²) in [5, 5.41) is 0. The summed E-state index contributed by atoms with van der Waals surface area (Å²) in [5.74, 6) is 1.54. The Labute approximate surface area is 57.7 Å². The number of hydrogen-bond donors (Lipinski definition) is 1. The van der Waals surface area contributed by atoms with E-state index in [1.165, 1.54) is 0 Å². The molecule has 1 aliphatic heterocycles. The van der Waals surface area contributed by atoms with Gasteiger partial charge in [0, 0.05) is 28.3 Å². The quantitative estimate of drug-likeness (QED) is 0.531. The molecule has 1 saturated heterocycles. The van der Waals surface area contributed by atoms with E-state index >= 15 is 0 Å². The van der Waals surface area contributed by atoms with Crippen molar-refractivity contribution in [3.05, 3.63) is 0 Å². The molecule has 0 unspecified atom stereocenters. The molecule has 1 heterocycles. The van der Waals surface area contributed by atoms with E-state index in [2.05, 4.69) is 0 Å². The van der Waals surface area contributed by atoms with Crippen LogP contribution < -0.4 is 5.73 Å². The normalized spacial score (nSPS) is 36.6. The molecule has 0 radical (unpaired) electrons. The molecule has 8 heavy (non-hydrogen) atoms. The Morgan fingerprint density at radius 3 is 2.38 bits per heavy atom. The highest BCUT2D eigenvalue weighted by Crippen LogP contribution is 2.03. The number of nitrogens with two attached hydrogens (primary N) is 1. The molecule has 0 aromatic heterocycles. The third-order valence-corrected chi connectivity index (χ3v) is 2.61. The Hall–Kier alpha value is 0.400. The highest BCUT2D eigenvalue weighted by molar-refractivity contribution is 7.85. The van der Waals surface area contributed by atoms with Gasteiger partial charge in [0.15, 0.2) is 0 Å². The maximum atomic E-state index is 10.5. The van der Waals surface area contributed by atoms with Gasteiger partial charge in [0.05, 0.1) is 0 Å². The molecule has 50 valence electrons. The fourth-order valence-corrected chi connectivity index (χ4v) is 2.06. The Morgan fingerprint density at radius 1 is 1.62 bits per heavy atom. The van der Waals surface area contributed by atoms with Crippen LogP contribution >= 0.6 is 12.4 Å². The van der Waals surface area contributed by atoms with E-state index < -0.39 is 10.8 Å². The van der Waals surface area contributed by atoms with Crippen molar-refractivity contribution in [1.29, 1.82) is 0 Å². The zero-order valence-corrected chi connectivity index (χ0v) is 6.13. The highest BCUT2D eigenvalue weighted by atomic mass is 35.5. The maximum absolute atomic E-state index is 10.5. The van der Waals surface area contributed by atoms with Crippen LogP contribution in [0.5, 0.6) is 0 Å². The van der Waals surface area contributed by atoms with Crippen molar-refractivity contribution in [3.8, 4) is 0 Å². The Balaban J connectivity index is 0.000000490. The van der Waals surface area contributed by atoms with E-state index in [0.29, 0.717) is 0 Å². The van der Waals surface area contributed by atoms with Gasteiger partial charge in [-0.1, -0.05) is 0 Å². The lowest BCUT2D eigenvalue weighted by Gasteiger charge is -1.91. The van der Waals surface area contributed by atoms with Crippen LogP contribution in [0.2, 0.25) is 0 Å². The van der Waals surface area contributed by atoms with Gasteiger partial charge in [-0.2, -0.15) is 0 Å². The second-order valence-electron chi connectivity index (χ2n) is 1.86. The van der Waals surface area contributed by atoms with Crippen LogP contribution in [0.4, 0.5) is 0 Å². The first-order chi connectivity index (χ1) is 3.29. The molecule has 2 atom stereocenters. The molecular formula is C4H10ClNOS. The molecule has 0 spiro atoms. The minimum Gasteiger partial charge on any atom is -0.327 e. The van der Waals surface area contributed by atoms with E-state index in [1.807, 2.05) is 0 Å². The van der Waals surface area contributed by atoms with Crippen LogP contribution in [-0.2, 0) is 10.8 Å². The first kappa shape index (κ1) is 8.40. The van der Waals surface area contributed by atoms with Crippen LogP contribution in [0.3, 0.4) is 0 Å². The molecule has 4 heteroatoms. The topological polar surface area (TPSA) is 43.1 Å². The van der Waals surface area contributed by atoms with Gasteiger partial charge >= 0.3 is 0 Å². The Kier molecular flexibility index (Phi) is 3.60. The summed E-state index contributed by atoms with van der Waals surface area (Å²) in [6, 6.07) is 0.223. The predicted octanol–water partition coefficient (Wildman–Crippen LogP) is -0.112. The lowest BCUT2D eigenvalue weighted by atomic mass is 10.3. The molecule has 2 nitrogen and oxygen atoms in total. The van der Waals surface area contributed by atoms with E-state index in [4.69, 9.17) is 5.73 Å². The van der Waals surface area contributed by atoms with E-state index in [-0.39, 0.29) is 18.4 Å². The molecule has 0 aliphatic carbocycles. The summed E-state index contributed by atoms with van der Waals surface area (Å²) in [6.45, 7) is 0. The van der Waals surface area contributed by atoms with Gasteiger partial charge in [-0.25, -0.2) is 0 Å². The molecule has 1 fully saturated rings. The van der Waals surface area contributed by atoms with Crippen molar-refractivity contribution >= 4 is 23.2 Å². The fraction of sp³-hybridized carbons (Fsp3) is 1.00. The summed E-state index contributed by atoms with van der Waals surface area (Å²) in [5.41, 5.74) is 5.43. The van der Waals surface area contributed by atoms with Gasteiger partial charge in [0.2, 0.25) is 0 Å². The summed E-state index contributed by atoms with van der Waals surface area (Å²) >= 11 is 0. The van der Waals surface area contributed by atoms with E-state index in [0.717, 1.165) is 17.9 Å². The number of rotatable bonds is 0. The van der Waals surface area contributed by atoms with Crippen LogP contribution in [0.1, 0.15) is 6.42 Å². The second kappa shape index (κ2) is 3.43. The summed E-state index contributed by atoms with van der Waals surface area (Å²) in [4.78, 5) is 0. The summed E-state index contributed by atoms with van der Waals surface area (Å²) < 4.78 is 10.5. The van der Waals surface area contributed by atoms with E-state index in [9.17, 15) is 4.21 Å². The first-order valence-corrected chi connectivity index (χ1v) is 3.88. The standard InChI is InChI=1S/C4H9NOS.ClH/c5-4-1-2-7(6)3-4;/h4H,1-3,5H2;1H/t4-,7-;/m1./s1. The lowest BCUT2D eigenvalue weighted by molar-refractivity contribution is 0.686. The molecule has 1 aliphatic rings. The van der Waals surface area contributed by atoms with Crippen molar-refractivity contribution in [2.45, 2.75) is 12.5 Å². The van der Waals surface area contributed by atoms with Crippen LogP contribution in [0.15, 0.2) is 0 Å². The zero-order chi connectivity index (χ0) is 5.28. The van der Waals surface area contributed by atoms with E-state index in [1.54, 1.807) is 0 Å². The first-order valence-electron chi connectivity index (χ1n) is 2.39. The Morgan fingerprint density at radius 2 is 2.25 bits per heavy atom. The molecule has 0 amide bonds. The van der Waals surface area contributed by atoms with Crippen LogP contribution in [0, 0.1) is 0 Å². The average molecular weight is 156 g/mol. The van der Waals surface area contributed by atoms with Gasteiger partial charge in [-0.15, -0.1) is 12.4 Å². The molecule has 0 bridgehead atoms. The maximum Gasteiger partial charge on any atom is 0.0386 e. The third-order valence-electron chi connectivity index (χ3n) is 1.12. The zero-order valence-electron chi connectivity index (χ0n) is 4.50. The predicted molar refractivity (Wildman–Crippen MR) is 37.7 cm³/mol. The molecule has 0 aromatic carbocycles.